The van der Waals surface area contributed by atoms with Gasteiger partial charge in [0.15, 0.2) is 0 Å². The molecule has 4 rings (SSSR count). The summed E-state index contributed by atoms with van der Waals surface area (Å²) in [5.41, 5.74) is 1.63. The van der Waals surface area contributed by atoms with Crippen molar-refractivity contribution in [3.05, 3.63) is 89.0 Å². The minimum Gasteiger partial charge on any atom is -0.269 e. The van der Waals surface area contributed by atoms with Gasteiger partial charge < -0.3 is 0 Å². The summed E-state index contributed by atoms with van der Waals surface area (Å²) in [5, 5.41) is 0. The number of fused-ring (bicyclic) bond motifs is 1. The van der Waals surface area contributed by atoms with E-state index >= 15 is 0 Å². The molecule has 0 atom stereocenters. The average Bonchev–Trinajstić information content (AvgIpc) is 3.00. The van der Waals surface area contributed by atoms with Crippen LogP contribution in [-0.2, 0) is 16.6 Å². The number of hydrogen-bond donors (Lipinski definition) is 0. The van der Waals surface area contributed by atoms with E-state index in [2.05, 4.69) is 4.98 Å². The number of anilines is 1. The van der Waals surface area contributed by atoms with Gasteiger partial charge in [0.05, 0.1) is 22.7 Å². The Hall–Kier alpha value is -3.59. The van der Waals surface area contributed by atoms with Gasteiger partial charge >= 0.3 is 0 Å². The number of pyridine rings is 1. The van der Waals surface area contributed by atoms with E-state index in [1.807, 2.05) is 6.92 Å². The summed E-state index contributed by atoms with van der Waals surface area (Å²) in [6.07, 6.45) is 1.40. The lowest BCUT2D eigenvalue weighted by molar-refractivity contribution is 0.0639. The van der Waals surface area contributed by atoms with Crippen molar-refractivity contribution in [2.24, 2.45) is 0 Å². The zero-order chi connectivity index (χ0) is 22.3. The van der Waals surface area contributed by atoms with Crippen LogP contribution in [0.3, 0.4) is 0 Å². The number of rotatable bonds is 5. The topological polar surface area (TPSA) is 87.7 Å². The van der Waals surface area contributed by atoms with E-state index in [0.717, 1.165) is 26.9 Å². The molecular weight excluding hydrogens is 421 g/mol. The van der Waals surface area contributed by atoms with Crippen molar-refractivity contribution in [3.8, 4) is 0 Å². The summed E-state index contributed by atoms with van der Waals surface area (Å²) in [7, 11) is -2.81. The van der Waals surface area contributed by atoms with Crippen molar-refractivity contribution in [2.45, 2.75) is 18.4 Å². The van der Waals surface area contributed by atoms with Crippen molar-refractivity contribution >= 4 is 27.5 Å². The summed E-state index contributed by atoms with van der Waals surface area (Å²) < 4.78 is 41.7. The molecule has 7 nitrogen and oxygen atoms in total. The first-order chi connectivity index (χ1) is 14.7. The monoisotopic (exact) mass is 439 g/mol. The molecule has 1 aromatic heterocycles. The third-order valence-corrected chi connectivity index (χ3v) is 6.99. The van der Waals surface area contributed by atoms with Gasteiger partial charge in [-0.3, -0.25) is 23.8 Å². The first-order valence-electron chi connectivity index (χ1n) is 9.35. The second kappa shape index (κ2) is 7.59. The molecule has 3 aromatic rings. The van der Waals surface area contributed by atoms with E-state index in [-0.39, 0.29) is 28.3 Å². The summed E-state index contributed by atoms with van der Waals surface area (Å²) >= 11 is 0. The van der Waals surface area contributed by atoms with E-state index in [1.165, 1.54) is 31.4 Å². The van der Waals surface area contributed by atoms with E-state index in [1.54, 1.807) is 24.3 Å². The van der Waals surface area contributed by atoms with Crippen molar-refractivity contribution in [1.82, 2.24) is 9.88 Å². The van der Waals surface area contributed by atoms with Crippen molar-refractivity contribution < 1.29 is 22.4 Å². The number of sulfonamides is 1. The Morgan fingerprint density at radius 1 is 1.03 bits per heavy atom. The Kier molecular flexibility index (Phi) is 5.06. The highest BCUT2D eigenvalue weighted by Gasteiger charge is 2.37. The maximum absolute atomic E-state index is 14.0. The van der Waals surface area contributed by atoms with E-state index in [4.69, 9.17) is 0 Å². The van der Waals surface area contributed by atoms with Crippen LogP contribution in [0.15, 0.2) is 65.7 Å². The molecule has 2 amide bonds. The number of carbonyl (C=O) groups is 2. The lowest BCUT2D eigenvalue weighted by atomic mass is 10.2. The van der Waals surface area contributed by atoms with Gasteiger partial charge in [-0.2, -0.15) is 0 Å². The quantitative estimate of drug-likeness (QED) is 0.570. The number of halogens is 1. The van der Waals surface area contributed by atoms with E-state index in [9.17, 15) is 22.4 Å². The fraction of sp³-hybridized carbons (Fsp3) is 0.136. The predicted octanol–water partition coefficient (Wildman–Crippen LogP) is 3.15. The summed E-state index contributed by atoms with van der Waals surface area (Å²) in [6.45, 7) is 1.55. The molecule has 0 saturated heterocycles. The van der Waals surface area contributed by atoms with Gasteiger partial charge in [-0.25, -0.2) is 12.8 Å². The van der Waals surface area contributed by atoms with Gasteiger partial charge in [0, 0.05) is 13.2 Å². The van der Waals surface area contributed by atoms with Gasteiger partial charge in [-0.1, -0.05) is 23.8 Å². The lowest BCUT2D eigenvalue weighted by Gasteiger charge is -2.23. The van der Waals surface area contributed by atoms with Gasteiger partial charge in [0.2, 0.25) is 0 Å². The molecule has 158 valence electrons. The standard InChI is InChI=1S/C22H18FN3O4S/c1-14-5-9-17(10-6-14)25(2)31(29,30)19-12-16(23)8-7-15(19)13-26-21(27)18-4-3-11-24-20(18)22(26)28/h3-12H,13H2,1-2H3. The number of imide groups is 1. The van der Waals surface area contributed by atoms with Gasteiger partial charge in [0.25, 0.3) is 21.8 Å². The Morgan fingerprint density at radius 2 is 1.74 bits per heavy atom. The SMILES string of the molecule is Cc1ccc(N(C)S(=O)(=O)c2cc(F)ccc2CN2C(=O)c3cccnc3C2=O)cc1. The molecule has 0 radical (unpaired) electrons. The molecule has 31 heavy (non-hydrogen) atoms. The minimum absolute atomic E-state index is 0.00999. The first-order valence-corrected chi connectivity index (χ1v) is 10.8. The van der Waals surface area contributed by atoms with Crippen LogP contribution in [0.2, 0.25) is 0 Å². The van der Waals surface area contributed by atoms with Crippen LogP contribution in [0.4, 0.5) is 10.1 Å². The molecular formula is C22H18FN3O4S. The highest BCUT2D eigenvalue weighted by atomic mass is 32.2. The number of benzene rings is 2. The number of amides is 2. The predicted molar refractivity (Wildman–Crippen MR) is 112 cm³/mol. The first kappa shape index (κ1) is 20.7. The zero-order valence-electron chi connectivity index (χ0n) is 16.7. The molecule has 1 aliphatic rings. The number of hydrogen-bond acceptors (Lipinski definition) is 5. The maximum atomic E-state index is 14.0. The molecule has 1 aliphatic heterocycles. The Morgan fingerprint density at radius 3 is 2.42 bits per heavy atom. The zero-order valence-corrected chi connectivity index (χ0v) is 17.6. The molecule has 2 aromatic carbocycles. The van der Waals surface area contributed by atoms with Crippen LogP contribution in [0.25, 0.3) is 0 Å². The number of carbonyl (C=O) groups excluding carboxylic acids is 2. The minimum atomic E-state index is -4.17. The fourth-order valence-electron chi connectivity index (χ4n) is 3.37. The molecule has 2 heterocycles. The van der Waals surface area contributed by atoms with Crippen molar-refractivity contribution in [2.75, 3.05) is 11.4 Å². The van der Waals surface area contributed by atoms with Crippen LogP contribution in [0.1, 0.15) is 32.0 Å². The van der Waals surface area contributed by atoms with Crippen molar-refractivity contribution in [3.63, 3.8) is 0 Å². The molecule has 0 fully saturated rings. The number of aromatic nitrogens is 1. The lowest BCUT2D eigenvalue weighted by Crippen LogP contribution is -2.32. The van der Waals surface area contributed by atoms with Crippen LogP contribution < -0.4 is 4.31 Å². The second-order valence-electron chi connectivity index (χ2n) is 7.16. The number of aryl methyl sites for hydroxylation is 1. The molecule has 0 saturated carbocycles. The van der Waals surface area contributed by atoms with E-state index in [0.29, 0.717) is 5.69 Å². The average molecular weight is 439 g/mol. The molecule has 9 heteroatoms. The van der Waals surface area contributed by atoms with Crippen LogP contribution in [-0.4, -0.2) is 37.2 Å². The second-order valence-corrected chi connectivity index (χ2v) is 9.09. The summed E-state index contributed by atoms with van der Waals surface area (Å²) in [6, 6.07) is 13.1. The third-order valence-electron chi connectivity index (χ3n) is 5.12. The molecule has 0 unspecified atom stereocenters. The van der Waals surface area contributed by atoms with E-state index < -0.39 is 27.7 Å². The number of nitrogens with zero attached hydrogens (tertiary/aromatic N) is 3. The molecule has 0 N–H and O–H groups in total. The maximum Gasteiger partial charge on any atom is 0.280 e. The van der Waals surface area contributed by atoms with Crippen molar-refractivity contribution in [1.29, 1.82) is 0 Å². The van der Waals surface area contributed by atoms with Crippen LogP contribution in [0, 0.1) is 12.7 Å². The molecule has 0 aliphatic carbocycles. The van der Waals surface area contributed by atoms with Gasteiger partial charge in [0.1, 0.15) is 11.5 Å². The Labute approximate surface area is 178 Å². The Balaban J connectivity index is 1.73. The highest BCUT2D eigenvalue weighted by Crippen LogP contribution is 2.29. The van der Waals surface area contributed by atoms with Crippen LogP contribution >= 0.6 is 0 Å². The summed E-state index contributed by atoms with van der Waals surface area (Å²) in [5.74, 6) is -1.95. The third kappa shape index (κ3) is 3.57. The normalized spacial score (nSPS) is 13.5. The Bertz CT molecular complexity index is 1270. The highest BCUT2D eigenvalue weighted by molar-refractivity contribution is 7.92. The molecule has 0 spiro atoms. The largest absolute Gasteiger partial charge is 0.280 e. The smallest absolute Gasteiger partial charge is 0.269 e. The summed E-state index contributed by atoms with van der Waals surface area (Å²) in [4.78, 5) is 29.8. The fourth-order valence-corrected chi connectivity index (χ4v) is 4.79. The molecule has 0 bridgehead atoms. The van der Waals surface area contributed by atoms with Crippen LogP contribution in [0.5, 0.6) is 0 Å². The van der Waals surface area contributed by atoms with Gasteiger partial charge in [-0.05, 0) is 48.9 Å². The van der Waals surface area contributed by atoms with Gasteiger partial charge in [-0.15, -0.1) is 0 Å².